The summed E-state index contributed by atoms with van der Waals surface area (Å²) >= 11 is 5.68. The highest BCUT2D eigenvalue weighted by Gasteiger charge is 2.17. The molecule has 1 aromatic rings. The fourth-order valence-corrected chi connectivity index (χ4v) is 1.96. The molecule has 0 fully saturated rings. The lowest BCUT2D eigenvalue weighted by Gasteiger charge is -2.21. The summed E-state index contributed by atoms with van der Waals surface area (Å²) in [5.74, 6) is -0.323. The van der Waals surface area contributed by atoms with Gasteiger partial charge in [-0.1, -0.05) is 11.6 Å². The second-order valence-corrected chi connectivity index (χ2v) is 3.95. The molecule has 3 heteroatoms. The number of rotatable bonds is 0. The van der Waals surface area contributed by atoms with Crippen molar-refractivity contribution < 1.29 is 4.39 Å². The van der Waals surface area contributed by atoms with Crippen molar-refractivity contribution in [3.05, 3.63) is 34.1 Å². The van der Waals surface area contributed by atoms with Crippen molar-refractivity contribution >= 4 is 11.6 Å². The predicted octanol–water partition coefficient (Wildman–Crippen LogP) is 2.30. The topological polar surface area (TPSA) is 26.0 Å². The fraction of sp³-hybridized carbons (Fsp3) is 0.400. The van der Waals surface area contributed by atoms with E-state index in [4.69, 9.17) is 17.3 Å². The van der Waals surface area contributed by atoms with Crippen LogP contribution in [0.1, 0.15) is 17.5 Å². The standard InChI is InChI=1S/C10H11ClFN/c11-9-4-7-3-8(13)2-1-6(7)5-10(9)12/h4-5,8H,1-3,13H2/t8-/m0/s1. The molecule has 2 N–H and O–H groups in total. The first-order chi connectivity index (χ1) is 6.16. The van der Waals surface area contributed by atoms with Gasteiger partial charge in [-0.3, -0.25) is 0 Å². The smallest absolute Gasteiger partial charge is 0.142 e. The quantitative estimate of drug-likeness (QED) is 0.682. The first-order valence-corrected chi connectivity index (χ1v) is 4.77. The Morgan fingerprint density at radius 1 is 1.38 bits per heavy atom. The van der Waals surface area contributed by atoms with Crippen LogP contribution in [0.4, 0.5) is 4.39 Å². The summed E-state index contributed by atoms with van der Waals surface area (Å²) in [6.45, 7) is 0. The minimum Gasteiger partial charge on any atom is -0.327 e. The van der Waals surface area contributed by atoms with Crippen LogP contribution in [0.15, 0.2) is 12.1 Å². The lowest BCUT2D eigenvalue weighted by Crippen LogP contribution is -2.27. The number of halogens is 2. The minimum atomic E-state index is -0.323. The Hall–Kier alpha value is -0.600. The Morgan fingerprint density at radius 3 is 2.92 bits per heavy atom. The largest absolute Gasteiger partial charge is 0.327 e. The van der Waals surface area contributed by atoms with Gasteiger partial charge in [0.2, 0.25) is 0 Å². The molecule has 0 amide bonds. The van der Waals surface area contributed by atoms with Crippen LogP contribution in [0.2, 0.25) is 5.02 Å². The zero-order valence-corrected chi connectivity index (χ0v) is 7.94. The maximum Gasteiger partial charge on any atom is 0.142 e. The third kappa shape index (κ3) is 1.69. The van der Waals surface area contributed by atoms with E-state index in [0.717, 1.165) is 30.4 Å². The number of nitrogens with two attached hydrogens (primary N) is 1. The van der Waals surface area contributed by atoms with Gasteiger partial charge in [0, 0.05) is 6.04 Å². The highest BCUT2D eigenvalue weighted by Crippen LogP contribution is 2.26. The van der Waals surface area contributed by atoms with Crippen LogP contribution < -0.4 is 5.73 Å². The summed E-state index contributed by atoms with van der Waals surface area (Å²) in [5.41, 5.74) is 7.96. The van der Waals surface area contributed by atoms with Gasteiger partial charge in [0.1, 0.15) is 5.82 Å². The molecule has 1 aliphatic rings. The number of hydrogen-bond donors (Lipinski definition) is 1. The Kier molecular flexibility index (Phi) is 2.26. The zero-order valence-electron chi connectivity index (χ0n) is 7.19. The van der Waals surface area contributed by atoms with Crippen molar-refractivity contribution in [1.82, 2.24) is 0 Å². The Labute approximate surface area is 81.7 Å². The molecular weight excluding hydrogens is 189 g/mol. The van der Waals surface area contributed by atoms with Gasteiger partial charge in [-0.2, -0.15) is 0 Å². The van der Waals surface area contributed by atoms with Crippen LogP contribution in [0.5, 0.6) is 0 Å². The first kappa shape index (κ1) is 8.97. The van der Waals surface area contributed by atoms with Gasteiger partial charge in [0.15, 0.2) is 0 Å². The number of aryl methyl sites for hydroxylation is 1. The van der Waals surface area contributed by atoms with Crippen molar-refractivity contribution in [3.8, 4) is 0 Å². The maximum absolute atomic E-state index is 13.0. The SMILES string of the molecule is N[C@H]1CCc2cc(F)c(Cl)cc2C1. The van der Waals surface area contributed by atoms with E-state index in [2.05, 4.69) is 0 Å². The molecule has 0 aliphatic heterocycles. The molecule has 1 nitrogen and oxygen atoms in total. The van der Waals surface area contributed by atoms with Crippen molar-refractivity contribution in [2.24, 2.45) is 5.73 Å². The van der Waals surface area contributed by atoms with Crippen LogP contribution in [0, 0.1) is 5.82 Å². The number of hydrogen-bond acceptors (Lipinski definition) is 1. The maximum atomic E-state index is 13.0. The molecule has 0 aromatic heterocycles. The first-order valence-electron chi connectivity index (χ1n) is 4.39. The molecule has 0 unspecified atom stereocenters. The summed E-state index contributed by atoms with van der Waals surface area (Å²) in [7, 11) is 0. The van der Waals surface area contributed by atoms with E-state index in [-0.39, 0.29) is 16.9 Å². The van der Waals surface area contributed by atoms with E-state index in [1.54, 1.807) is 6.07 Å². The highest BCUT2D eigenvalue weighted by atomic mass is 35.5. The third-order valence-electron chi connectivity index (χ3n) is 2.51. The van der Waals surface area contributed by atoms with Crippen molar-refractivity contribution in [2.75, 3.05) is 0 Å². The van der Waals surface area contributed by atoms with Crippen LogP contribution in [-0.4, -0.2) is 6.04 Å². The van der Waals surface area contributed by atoms with Crippen molar-refractivity contribution in [1.29, 1.82) is 0 Å². The van der Waals surface area contributed by atoms with Crippen LogP contribution >= 0.6 is 11.6 Å². The molecule has 1 aromatic carbocycles. The van der Waals surface area contributed by atoms with Gasteiger partial charge < -0.3 is 5.73 Å². The van der Waals surface area contributed by atoms with Gasteiger partial charge in [0.05, 0.1) is 5.02 Å². The molecule has 0 radical (unpaired) electrons. The van der Waals surface area contributed by atoms with E-state index < -0.39 is 0 Å². The molecule has 1 aliphatic carbocycles. The third-order valence-corrected chi connectivity index (χ3v) is 2.80. The molecule has 0 saturated carbocycles. The second-order valence-electron chi connectivity index (χ2n) is 3.54. The van der Waals surface area contributed by atoms with Gasteiger partial charge in [-0.15, -0.1) is 0 Å². The average molecular weight is 200 g/mol. The number of fused-ring (bicyclic) bond motifs is 1. The average Bonchev–Trinajstić information content (AvgIpc) is 2.08. The number of benzene rings is 1. The Morgan fingerprint density at radius 2 is 2.15 bits per heavy atom. The second kappa shape index (κ2) is 3.28. The summed E-state index contributed by atoms with van der Waals surface area (Å²) in [6, 6.07) is 3.43. The molecule has 70 valence electrons. The van der Waals surface area contributed by atoms with Gasteiger partial charge >= 0.3 is 0 Å². The van der Waals surface area contributed by atoms with Crippen molar-refractivity contribution in [2.45, 2.75) is 25.3 Å². The summed E-state index contributed by atoms with van der Waals surface area (Å²) in [5, 5.41) is 0.202. The van der Waals surface area contributed by atoms with E-state index in [0.29, 0.717) is 0 Å². The lowest BCUT2D eigenvalue weighted by atomic mass is 9.89. The molecule has 13 heavy (non-hydrogen) atoms. The monoisotopic (exact) mass is 199 g/mol. The fourth-order valence-electron chi connectivity index (χ4n) is 1.78. The van der Waals surface area contributed by atoms with Gasteiger partial charge in [0.25, 0.3) is 0 Å². The molecule has 0 spiro atoms. The highest BCUT2D eigenvalue weighted by molar-refractivity contribution is 6.30. The van der Waals surface area contributed by atoms with Crippen LogP contribution in [0.3, 0.4) is 0 Å². The van der Waals surface area contributed by atoms with E-state index in [1.807, 2.05) is 0 Å². The molecule has 0 bridgehead atoms. The van der Waals surface area contributed by atoms with Crippen molar-refractivity contribution in [3.63, 3.8) is 0 Å². The van der Waals surface area contributed by atoms with Crippen LogP contribution in [0.25, 0.3) is 0 Å². The molecule has 0 heterocycles. The molecule has 0 saturated heterocycles. The predicted molar refractivity (Wildman–Crippen MR) is 51.4 cm³/mol. The zero-order chi connectivity index (χ0) is 9.42. The summed E-state index contributed by atoms with van der Waals surface area (Å²) in [4.78, 5) is 0. The van der Waals surface area contributed by atoms with E-state index in [1.165, 1.54) is 6.07 Å². The van der Waals surface area contributed by atoms with E-state index in [9.17, 15) is 4.39 Å². The lowest BCUT2D eigenvalue weighted by molar-refractivity contribution is 0.566. The molecule has 1 atom stereocenters. The molecular formula is C10H11ClFN. The minimum absolute atomic E-state index is 0.202. The van der Waals surface area contributed by atoms with Gasteiger partial charge in [-0.05, 0) is 42.5 Å². The van der Waals surface area contributed by atoms with Crippen LogP contribution in [-0.2, 0) is 12.8 Å². The molecule has 2 rings (SSSR count). The van der Waals surface area contributed by atoms with Gasteiger partial charge in [-0.25, -0.2) is 4.39 Å². The summed E-state index contributed by atoms with van der Waals surface area (Å²) in [6.07, 6.45) is 2.62. The van der Waals surface area contributed by atoms with E-state index >= 15 is 0 Å². The summed E-state index contributed by atoms with van der Waals surface area (Å²) < 4.78 is 13.0. The normalized spacial score (nSPS) is 21.3. The Bertz CT molecular complexity index is 338. The Balaban J connectivity index is 2.43.